The Hall–Kier alpha value is -0.610. The fraction of sp³-hybridized carbons (Fsp3) is 0.929. The Morgan fingerprint density at radius 2 is 2.06 bits per heavy atom. The van der Waals surface area contributed by atoms with Gasteiger partial charge < -0.3 is 9.47 Å². The average Bonchev–Trinajstić information content (AvgIpc) is 2.74. The molecule has 2 fully saturated rings. The van der Waals surface area contributed by atoms with Crippen LogP contribution in [0, 0.1) is 0 Å². The molecule has 1 N–H and O–H groups in total. The molecule has 18 heavy (non-hydrogen) atoms. The summed E-state index contributed by atoms with van der Waals surface area (Å²) in [5.74, 6) is -0.0811. The molecule has 0 aromatic heterocycles. The van der Waals surface area contributed by atoms with Crippen molar-refractivity contribution in [2.45, 2.75) is 63.5 Å². The molecule has 0 bridgehead atoms. The fourth-order valence-corrected chi connectivity index (χ4v) is 3.09. The van der Waals surface area contributed by atoms with E-state index in [0.717, 1.165) is 25.9 Å². The van der Waals surface area contributed by atoms with Crippen LogP contribution < -0.4 is 5.32 Å². The molecule has 0 aromatic rings. The van der Waals surface area contributed by atoms with Gasteiger partial charge in [-0.15, -0.1) is 0 Å². The summed E-state index contributed by atoms with van der Waals surface area (Å²) in [6.45, 7) is 3.73. The van der Waals surface area contributed by atoms with Crippen LogP contribution in [0.2, 0.25) is 0 Å². The molecule has 1 heterocycles. The third-order valence-corrected chi connectivity index (χ3v) is 4.07. The molecule has 4 nitrogen and oxygen atoms in total. The van der Waals surface area contributed by atoms with Gasteiger partial charge in [0.15, 0.2) is 0 Å². The van der Waals surface area contributed by atoms with Gasteiger partial charge in [-0.05, 0) is 39.0 Å². The molecule has 2 rings (SSSR count). The maximum absolute atomic E-state index is 12.3. The van der Waals surface area contributed by atoms with Gasteiger partial charge in [0.05, 0.1) is 6.61 Å². The first-order chi connectivity index (χ1) is 8.77. The smallest absolute Gasteiger partial charge is 0.326 e. The molecule has 0 aromatic carbocycles. The Balaban J connectivity index is 2.06. The highest BCUT2D eigenvalue weighted by Gasteiger charge is 2.42. The molecular weight excluding hydrogens is 230 g/mol. The van der Waals surface area contributed by atoms with Crippen molar-refractivity contribution >= 4 is 5.97 Å². The summed E-state index contributed by atoms with van der Waals surface area (Å²) in [6, 6.07) is 0.479. The van der Waals surface area contributed by atoms with E-state index in [1.54, 1.807) is 0 Å². The van der Waals surface area contributed by atoms with Crippen molar-refractivity contribution in [1.29, 1.82) is 0 Å². The van der Waals surface area contributed by atoms with E-state index in [0.29, 0.717) is 19.3 Å². The zero-order valence-corrected chi connectivity index (χ0v) is 11.4. The SMILES string of the molecule is CCOC(=O)C1(NC2CCCC2)CCCOCC1. The first-order valence-corrected chi connectivity index (χ1v) is 7.29. The maximum Gasteiger partial charge on any atom is 0.326 e. The number of esters is 1. The van der Waals surface area contributed by atoms with Crippen LogP contribution in [0.25, 0.3) is 0 Å². The van der Waals surface area contributed by atoms with Crippen LogP contribution in [-0.4, -0.2) is 37.4 Å². The van der Waals surface area contributed by atoms with Crippen molar-refractivity contribution in [3.8, 4) is 0 Å². The Bertz CT molecular complexity index is 266. The zero-order valence-electron chi connectivity index (χ0n) is 11.4. The summed E-state index contributed by atoms with van der Waals surface area (Å²) < 4.78 is 10.8. The largest absolute Gasteiger partial charge is 0.465 e. The molecule has 1 saturated heterocycles. The Kier molecular flexibility index (Phi) is 5.01. The third-order valence-electron chi connectivity index (χ3n) is 4.07. The third kappa shape index (κ3) is 3.23. The lowest BCUT2D eigenvalue weighted by atomic mass is 9.89. The van der Waals surface area contributed by atoms with Crippen LogP contribution >= 0.6 is 0 Å². The van der Waals surface area contributed by atoms with E-state index in [1.807, 2.05) is 6.92 Å². The van der Waals surface area contributed by atoms with Gasteiger partial charge in [-0.3, -0.25) is 10.1 Å². The minimum Gasteiger partial charge on any atom is -0.465 e. The predicted octanol–water partition coefficient (Wildman–Crippen LogP) is 2.02. The summed E-state index contributed by atoms with van der Waals surface area (Å²) >= 11 is 0. The van der Waals surface area contributed by atoms with E-state index < -0.39 is 5.54 Å². The predicted molar refractivity (Wildman–Crippen MR) is 69.4 cm³/mol. The van der Waals surface area contributed by atoms with E-state index in [-0.39, 0.29) is 5.97 Å². The average molecular weight is 255 g/mol. The van der Waals surface area contributed by atoms with Crippen molar-refractivity contribution < 1.29 is 14.3 Å². The minimum atomic E-state index is -0.498. The fourth-order valence-electron chi connectivity index (χ4n) is 3.09. The van der Waals surface area contributed by atoms with E-state index in [2.05, 4.69) is 5.32 Å². The maximum atomic E-state index is 12.3. The van der Waals surface area contributed by atoms with E-state index in [9.17, 15) is 4.79 Å². The van der Waals surface area contributed by atoms with Crippen molar-refractivity contribution in [3.05, 3.63) is 0 Å². The number of hydrogen-bond donors (Lipinski definition) is 1. The molecule has 0 radical (unpaired) electrons. The number of hydrogen-bond acceptors (Lipinski definition) is 4. The molecule has 104 valence electrons. The van der Waals surface area contributed by atoms with Crippen molar-refractivity contribution in [3.63, 3.8) is 0 Å². The van der Waals surface area contributed by atoms with Crippen LogP contribution in [0.4, 0.5) is 0 Å². The highest BCUT2D eigenvalue weighted by atomic mass is 16.5. The topological polar surface area (TPSA) is 47.6 Å². The second-order valence-electron chi connectivity index (χ2n) is 5.39. The minimum absolute atomic E-state index is 0.0811. The number of carbonyl (C=O) groups is 1. The number of ether oxygens (including phenoxy) is 2. The van der Waals surface area contributed by atoms with E-state index >= 15 is 0 Å². The molecule has 1 aliphatic heterocycles. The normalized spacial score (nSPS) is 30.1. The van der Waals surface area contributed by atoms with Gasteiger partial charge in [-0.25, -0.2) is 0 Å². The standard InChI is InChI=1S/C14H25NO3/c1-2-18-13(16)14(8-5-10-17-11-9-14)15-12-6-3-4-7-12/h12,15H,2-11H2,1H3. The first kappa shape index (κ1) is 13.8. The van der Waals surface area contributed by atoms with E-state index in [1.165, 1.54) is 25.7 Å². The number of rotatable bonds is 4. The summed E-state index contributed by atoms with van der Waals surface area (Å²) in [5.41, 5.74) is -0.498. The Morgan fingerprint density at radius 1 is 1.28 bits per heavy atom. The van der Waals surface area contributed by atoms with E-state index in [4.69, 9.17) is 9.47 Å². The summed E-state index contributed by atoms with van der Waals surface area (Å²) in [5, 5.41) is 3.60. The quantitative estimate of drug-likeness (QED) is 0.781. The molecule has 4 heteroatoms. The second-order valence-corrected chi connectivity index (χ2v) is 5.39. The van der Waals surface area contributed by atoms with Gasteiger partial charge in [0.1, 0.15) is 5.54 Å². The lowest BCUT2D eigenvalue weighted by Crippen LogP contribution is -2.56. The number of carbonyl (C=O) groups excluding carboxylic acids is 1. The lowest BCUT2D eigenvalue weighted by Gasteiger charge is -2.34. The van der Waals surface area contributed by atoms with Gasteiger partial charge in [0.2, 0.25) is 0 Å². The molecule has 0 spiro atoms. The highest BCUT2D eigenvalue weighted by Crippen LogP contribution is 2.28. The monoisotopic (exact) mass is 255 g/mol. The van der Waals surface area contributed by atoms with Gasteiger partial charge in [-0.1, -0.05) is 12.8 Å². The Morgan fingerprint density at radius 3 is 2.78 bits per heavy atom. The van der Waals surface area contributed by atoms with Gasteiger partial charge in [0.25, 0.3) is 0 Å². The molecule has 1 unspecified atom stereocenters. The zero-order chi connectivity index (χ0) is 12.8. The van der Waals surface area contributed by atoms with Gasteiger partial charge in [0, 0.05) is 19.3 Å². The number of nitrogens with one attached hydrogen (secondary N) is 1. The van der Waals surface area contributed by atoms with Gasteiger partial charge >= 0.3 is 5.97 Å². The second kappa shape index (κ2) is 6.53. The van der Waals surface area contributed by atoms with Crippen LogP contribution in [0.5, 0.6) is 0 Å². The van der Waals surface area contributed by atoms with Crippen LogP contribution in [-0.2, 0) is 14.3 Å². The van der Waals surface area contributed by atoms with Gasteiger partial charge in [-0.2, -0.15) is 0 Å². The molecule has 2 aliphatic rings. The van der Waals surface area contributed by atoms with Crippen molar-refractivity contribution in [2.24, 2.45) is 0 Å². The van der Waals surface area contributed by atoms with Crippen LogP contribution in [0.15, 0.2) is 0 Å². The van der Waals surface area contributed by atoms with Crippen LogP contribution in [0.1, 0.15) is 51.9 Å². The van der Waals surface area contributed by atoms with Crippen LogP contribution in [0.3, 0.4) is 0 Å². The molecule has 1 atom stereocenters. The molecule has 1 saturated carbocycles. The summed E-state index contributed by atoms with van der Waals surface area (Å²) in [4.78, 5) is 12.3. The lowest BCUT2D eigenvalue weighted by molar-refractivity contribution is -0.152. The Labute approximate surface area is 109 Å². The molecule has 1 aliphatic carbocycles. The molecular formula is C14H25NO3. The summed E-state index contributed by atoms with van der Waals surface area (Å²) in [6.07, 6.45) is 7.41. The molecule has 0 amide bonds. The highest BCUT2D eigenvalue weighted by molar-refractivity contribution is 5.81. The first-order valence-electron chi connectivity index (χ1n) is 7.29. The van der Waals surface area contributed by atoms with Crippen molar-refractivity contribution in [2.75, 3.05) is 19.8 Å². The summed E-state index contributed by atoms with van der Waals surface area (Å²) in [7, 11) is 0. The van der Waals surface area contributed by atoms with Crippen molar-refractivity contribution in [1.82, 2.24) is 5.32 Å².